The average molecular weight is 238 g/mol. The second-order valence-electron chi connectivity index (χ2n) is 3.51. The number of phosphoric ester groups is 1. The van der Waals surface area contributed by atoms with E-state index in [0.29, 0.717) is 6.61 Å². The zero-order valence-electron chi connectivity index (χ0n) is 10.4. The molecule has 0 aliphatic heterocycles. The van der Waals surface area contributed by atoms with E-state index >= 15 is 0 Å². The highest BCUT2D eigenvalue weighted by atomic mass is 31.2. The molecule has 0 aliphatic carbocycles. The number of phosphoric acid groups is 1. The molecule has 0 aliphatic rings. The zero-order chi connectivity index (χ0) is 11.9. The molecule has 0 heterocycles. The first-order valence-corrected chi connectivity index (χ1v) is 7.04. The molecule has 0 aromatic rings. The fourth-order valence-electron chi connectivity index (χ4n) is 0.834. The van der Waals surface area contributed by atoms with Crippen molar-refractivity contribution in [2.45, 2.75) is 59.7 Å². The lowest BCUT2D eigenvalue weighted by molar-refractivity contribution is 0.0626. The minimum atomic E-state index is -3.36. The number of rotatable bonds is 8. The van der Waals surface area contributed by atoms with Crippen LogP contribution in [0.1, 0.15) is 47.5 Å². The van der Waals surface area contributed by atoms with Crippen LogP contribution in [0.2, 0.25) is 0 Å². The lowest BCUT2D eigenvalue weighted by Crippen LogP contribution is -2.13. The van der Waals surface area contributed by atoms with Crippen molar-refractivity contribution in [3.8, 4) is 0 Å². The maximum Gasteiger partial charge on any atom is 0.475 e. The zero-order valence-corrected chi connectivity index (χ0v) is 11.3. The average Bonchev–Trinajstić information content (AvgIpc) is 2.17. The summed E-state index contributed by atoms with van der Waals surface area (Å²) in [6.07, 6.45) is 1.32. The highest BCUT2D eigenvalue weighted by Gasteiger charge is 2.30. The maximum atomic E-state index is 12.1. The first-order valence-electron chi connectivity index (χ1n) is 5.58. The largest absolute Gasteiger partial charge is 0.475 e. The van der Waals surface area contributed by atoms with Crippen LogP contribution in [0.25, 0.3) is 0 Å². The Bertz CT molecular complexity index is 192. The van der Waals surface area contributed by atoms with Crippen LogP contribution < -0.4 is 0 Å². The van der Waals surface area contributed by atoms with E-state index in [-0.39, 0.29) is 12.2 Å². The third kappa shape index (κ3) is 6.31. The van der Waals surface area contributed by atoms with E-state index in [1.54, 1.807) is 6.92 Å². The van der Waals surface area contributed by atoms with E-state index in [0.717, 1.165) is 12.8 Å². The van der Waals surface area contributed by atoms with Crippen LogP contribution in [0.5, 0.6) is 0 Å². The standard InChI is InChI=1S/C10H23O4P/c1-6-9(4)13-15(11,12-8-3)14-10(5)7-2/h9-10H,6-8H2,1-5H3/t9-,10-/m1/s1. The predicted molar refractivity (Wildman–Crippen MR) is 60.9 cm³/mol. The fraction of sp³-hybridized carbons (Fsp3) is 1.00. The Labute approximate surface area is 92.9 Å². The first kappa shape index (κ1) is 15.1. The monoisotopic (exact) mass is 238 g/mol. The lowest BCUT2D eigenvalue weighted by atomic mass is 10.3. The number of hydrogen-bond acceptors (Lipinski definition) is 4. The molecule has 0 rings (SSSR count). The second kappa shape index (κ2) is 7.39. The summed E-state index contributed by atoms with van der Waals surface area (Å²) >= 11 is 0. The van der Waals surface area contributed by atoms with Crippen LogP contribution in [0, 0.1) is 0 Å². The minimum absolute atomic E-state index is 0.119. The lowest BCUT2D eigenvalue weighted by Gasteiger charge is -2.23. The van der Waals surface area contributed by atoms with Crippen LogP contribution in [0.15, 0.2) is 0 Å². The van der Waals surface area contributed by atoms with Gasteiger partial charge in [-0.25, -0.2) is 4.57 Å². The van der Waals surface area contributed by atoms with Gasteiger partial charge in [0.05, 0.1) is 18.8 Å². The van der Waals surface area contributed by atoms with Gasteiger partial charge in [-0.1, -0.05) is 13.8 Å². The van der Waals surface area contributed by atoms with E-state index in [1.807, 2.05) is 27.7 Å². The SMILES string of the molecule is CCOP(=O)(O[C@H](C)CC)O[C@H](C)CC. The van der Waals surface area contributed by atoms with Gasteiger partial charge in [0.2, 0.25) is 0 Å². The third-order valence-corrected chi connectivity index (χ3v) is 3.87. The summed E-state index contributed by atoms with van der Waals surface area (Å²) in [5, 5.41) is 0. The molecule has 0 radical (unpaired) electrons. The molecular weight excluding hydrogens is 215 g/mol. The van der Waals surface area contributed by atoms with Crippen molar-refractivity contribution in [2.75, 3.05) is 6.61 Å². The molecule has 5 heteroatoms. The molecule has 4 nitrogen and oxygen atoms in total. The molecule has 0 unspecified atom stereocenters. The van der Waals surface area contributed by atoms with Gasteiger partial charge in [-0.2, -0.15) is 0 Å². The van der Waals surface area contributed by atoms with Crippen molar-refractivity contribution >= 4 is 7.82 Å². The molecule has 0 aromatic carbocycles. The van der Waals surface area contributed by atoms with Crippen molar-refractivity contribution in [1.29, 1.82) is 0 Å². The summed E-state index contributed by atoms with van der Waals surface area (Å²) in [5.74, 6) is 0. The first-order chi connectivity index (χ1) is 6.97. The summed E-state index contributed by atoms with van der Waals surface area (Å²) in [4.78, 5) is 0. The fourth-order valence-corrected chi connectivity index (χ4v) is 2.50. The van der Waals surface area contributed by atoms with Crippen molar-refractivity contribution < 1.29 is 18.1 Å². The topological polar surface area (TPSA) is 44.8 Å². The van der Waals surface area contributed by atoms with Gasteiger partial charge in [-0.3, -0.25) is 13.6 Å². The Balaban J connectivity index is 4.37. The van der Waals surface area contributed by atoms with Crippen LogP contribution in [0.3, 0.4) is 0 Å². The van der Waals surface area contributed by atoms with Gasteiger partial charge < -0.3 is 0 Å². The minimum Gasteiger partial charge on any atom is -0.287 e. The molecule has 0 saturated carbocycles. The molecule has 0 fully saturated rings. The highest BCUT2D eigenvalue weighted by molar-refractivity contribution is 7.48. The Hall–Kier alpha value is 0.110. The second-order valence-corrected chi connectivity index (χ2v) is 5.09. The van der Waals surface area contributed by atoms with Crippen LogP contribution in [0.4, 0.5) is 0 Å². The Morgan fingerprint density at radius 2 is 1.40 bits per heavy atom. The Morgan fingerprint density at radius 1 is 1.00 bits per heavy atom. The predicted octanol–water partition coefficient (Wildman–Crippen LogP) is 3.76. The summed E-state index contributed by atoms with van der Waals surface area (Å²) < 4.78 is 27.8. The summed E-state index contributed by atoms with van der Waals surface area (Å²) in [5.41, 5.74) is 0. The van der Waals surface area contributed by atoms with Gasteiger partial charge >= 0.3 is 7.82 Å². The van der Waals surface area contributed by atoms with Gasteiger partial charge in [0.1, 0.15) is 0 Å². The molecule has 92 valence electrons. The van der Waals surface area contributed by atoms with E-state index in [2.05, 4.69) is 0 Å². The van der Waals surface area contributed by atoms with E-state index in [1.165, 1.54) is 0 Å². The molecule has 0 spiro atoms. The summed E-state index contributed by atoms with van der Waals surface area (Å²) in [6, 6.07) is 0. The van der Waals surface area contributed by atoms with Crippen molar-refractivity contribution in [1.82, 2.24) is 0 Å². The van der Waals surface area contributed by atoms with E-state index in [9.17, 15) is 4.57 Å². The molecule has 0 aromatic heterocycles. The van der Waals surface area contributed by atoms with Crippen molar-refractivity contribution in [3.63, 3.8) is 0 Å². The van der Waals surface area contributed by atoms with Gasteiger partial charge in [-0.15, -0.1) is 0 Å². The molecule has 0 amide bonds. The van der Waals surface area contributed by atoms with Gasteiger partial charge in [0.15, 0.2) is 0 Å². The molecule has 0 saturated heterocycles. The molecule has 15 heavy (non-hydrogen) atoms. The Kier molecular flexibility index (Phi) is 7.45. The smallest absolute Gasteiger partial charge is 0.287 e. The van der Waals surface area contributed by atoms with Crippen LogP contribution >= 0.6 is 7.82 Å². The molecule has 2 atom stereocenters. The van der Waals surface area contributed by atoms with Crippen LogP contribution in [-0.4, -0.2) is 18.8 Å². The summed E-state index contributed by atoms with van der Waals surface area (Å²) in [6.45, 7) is 9.72. The van der Waals surface area contributed by atoms with Gasteiger partial charge in [-0.05, 0) is 33.6 Å². The quantitative estimate of drug-likeness (QED) is 0.604. The molecule has 0 N–H and O–H groups in total. The van der Waals surface area contributed by atoms with Gasteiger partial charge in [0, 0.05) is 0 Å². The maximum absolute atomic E-state index is 12.1. The molecular formula is C10H23O4P. The molecule has 0 bridgehead atoms. The Morgan fingerprint density at radius 3 is 1.67 bits per heavy atom. The highest BCUT2D eigenvalue weighted by Crippen LogP contribution is 2.52. The third-order valence-electron chi connectivity index (χ3n) is 2.06. The summed E-state index contributed by atoms with van der Waals surface area (Å²) in [7, 11) is -3.36. The van der Waals surface area contributed by atoms with E-state index < -0.39 is 7.82 Å². The van der Waals surface area contributed by atoms with E-state index in [4.69, 9.17) is 13.6 Å². The van der Waals surface area contributed by atoms with Crippen LogP contribution in [-0.2, 0) is 18.1 Å². The number of hydrogen-bond donors (Lipinski definition) is 0. The van der Waals surface area contributed by atoms with Crippen molar-refractivity contribution in [2.24, 2.45) is 0 Å². The normalized spacial score (nSPS) is 16.3. The van der Waals surface area contributed by atoms with Gasteiger partial charge in [0.25, 0.3) is 0 Å². The van der Waals surface area contributed by atoms with Crippen molar-refractivity contribution in [3.05, 3.63) is 0 Å².